The van der Waals surface area contributed by atoms with Crippen molar-refractivity contribution in [2.45, 2.75) is 17.1 Å². The van der Waals surface area contributed by atoms with Crippen LogP contribution in [0.1, 0.15) is 11.3 Å². The minimum atomic E-state index is -4.52. The van der Waals surface area contributed by atoms with E-state index < -0.39 is 11.9 Å². The molecule has 0 saturated carbocycles. The van der Waals surface area contributed by atoms with Gasteiger partial charge in [-0.1, -0.05) is 53.7 Å². The van der Waals surface area contributed by atoms with E-state index in [0.717, 1.165) is 17.3 Å². The Morgan fingerprint density at radius 3 is 2.42 bits per heavy atom. The van der Waals surface area contributed by atoms with Gasteiger partial charge >= 0.3 is 6.18 Å². The highest BCUT2D eigenvalue weighted by Crippen LogP contribution is 2.31. The fourth-order valence-electron chi connectivity index (χ4n) is 1.33. The molecule has 1 aromatic heterocycles. The predicted molar refractivity (Wildman–Crippen MR) is 68.0 cm³/mol. The van der Waals surface area contributed by atoms with Gasteiger partial charge in [0.25, 0.3) is 0 Å². The van der Waals surface area contributed by atoms with E-state index in [2.05, 4.69) is 9.97 Å². The fourth-order valence-corrected chi connectivity index (χ4v) is 2.38. The van der Waals surface area contributed by atoms with Gasteiger partial charge in [-0.2, -0.15) is 13.2 Å². The van der Waals surface area contributed by atoms with Crippen LogP contribution in [0.4, 0.5) is 13.2 Å². The first-order valence-electron chi connectivity index (χ1n) is 5.23. The summed E-state index contributed by atoms with van der Waals surface area (Å²) in [5.41, 5.74) is -0.0484. The van der Waals surface area contributed by atoms with E-state index >= 15 is 0 Å². The van der Waals surface area contributed by atoms with Gasteiger partial charge in [-0.05, 0) is 5.56 Å². The first kappa shape index (κ1) is 14.1. The zero-order valence-corrected chi connectivity index (χ0v) is 11.1. The number of thioether (sulfide) groups is 1. The summed E-state index contributed by atoms with van der Waals surface area (Å²) in [6.07, 6.45) is -4.52. The van der Waals surface area contributed by atoms with E-state index in [1.807, 2.05) is 30.3 Å². The van der Waals surface area contributed by atoms with Crippen LogP contribution in [0.2, 0.25) is 5.15 Å². The molecule has 0 aliphatic carbocycles. The Kier molecular flexibility index (Phi) is 4.31. The Bertz CT molecular complexity index is 561. The van der Waals surface area contributed by atoms with Crippen molar-refractivity contribution in [3.05, 3.63) is 52.8 Å². The minimum absolute atomic E-state index is 0.0173. The van der Waals surface area contributed by atoms with Crippen LogP contribution in [0.3, 0.4) is 0 Å². The summed E-state index contributed by atoms with van der Waals surface area (Å²) >= 11 is 6.68. The third-order valence-electron chi connectivity index (χ3n) is 2.18. The normalized spacial score (nSPS) is 11.6. The van der Waals surface area contributed by atoms with Crippen LogP contribution < -0.4 is 0 Å². The quantitative estimate of drug-likeness (QED) is 0.476. The predicted octanol–water partition coefficient (Wildman–Crippen LogP) is 4.44. The van der Waals surface area contributed by atoms with Crippen molar-refractivity contribution < 1.29 is 13.2 Å². The maximum atomic E-state index is 12.6. The third-order valence-corrected chi connectivity index (χ3v) is 3.29. The average molecular weight is 305 g/mol. The lowest BCUT2D eigenvalue weighted by atomic mass is 10.2. The van der Waals surface area contributed by atoms with E-state index in [4.69, 9.17) is 11.6 Å². The Hall–Kier alpha value is -1.27. The maximum Gasteiger partial charge on any atom is 0.433 e. The molecular formula is C12H8ClF3N2S. The summed E-state index contributed by atoms with van der Waals surface area (Å²) in [7, 11) is 0. The summed E-state index contributed by atoms with van der Waals surface area (Å²) in [6, 6.07) is 10.1. The number of hydrogen-bond acceptors (Lipinski definition) is 3. The van der Waals surface area contributed by atoms with Gasteiger partial charge in [0.2, 0.25) is 0 Å². The molecule has 1 aromatic carbocycles. The van der Waals surface area contributed by atoms with E-state index in [0.29, 0.717) is 11.8 Å². The summed E-state index contributed by atoms with van der Waals surface area (Å²) in [4.78, 5) is 7.24. The first-order valence-corrected chi connectivity index (χ1v) is 6.60. The molecule has 0 amide bonds. The molecule has 1 heterocycles. The topological polar surface area (TPSA) is 25.8 Å². The van der Waals surface area contributed by atoms with Gasteiger partial charge in [0, 0.05) is 11.8 Å². The lowest BCUT2D eigenvalue weighted by Gasteiger charge is -2.07. The van der Waals surface area contributed by atoms with Crippen molar-refractivity contribution in [3.8, 4) is 0 Å². The number of aromatic nitrogens is 2. The second-order valence-electron chi connectivity index (χ2n) is 3.63. The molecule has 100 valence electrons. The van der Waals surface area contributed by atoms with Crippen molar-refractivity contribution in [3.63, 3.8) is 0 Å². The molecule has 0 aliphatic heterocycles. The van der Waals surface area contributed by atoms with Gasteiger partial charge in [0.1, 0.15) is 5.15 Å². The molecule has 0 saturated heterocycles. The molecule has 0 spiro atoms. The molecule has 0 N–H and O–H groups in total. The summed E-state index contributed by atoms with van der Waals surface area (Å²) in [5, 5.41) is -0.193. The van der Waals surface area contributed by atoms with Crippen LogP contribution in [-0.2, 0) is 11.9 Å². The van der Waals surface area contributed by atoms with E-state index in [1.165, 1.54) is 0 Å². The standard InChI is InChI=1S/C12H8ClF3N2S/c13-10-6-9(12(14,15)16)17-11(18-10)19-7-8-4-2-1-3-5-8/h1-6H,7H2. The molecule has 0 atom stereocenters. The second-order valence-corrected chi connectivity index (χ2v) is 4.96. The molecular weight excluding hydrogens is 297 g/mol. The van der Waals surface area contributed by atoms with Crippen LogP contribution in [0.25, 0.3) is 0 Å². The largest absolute Gasteiger partial charge is 0.433 e. The molecule has 19 heavy (non-hydrogen) atoms. The second kappa shape index (κ2) is 5.79. The third kappa shape index (κ3) is 4.11. The molecule has 0 unspecified atom stereocenters. The van der Waals surface area contributed by atoms with Crippen molar-refractivity contribution in [1.29, 1.82) is 0 Å². The van der Waals surface area contributed by atoms with Gasteiger partial charge in [0.15, 0.2) is 10.9 Å². The molecule has 2 nitrogen and oxygen atoms in total. The molecule has 7 heteroatoms. The SMILES string of the molecule is FC(F)(F)c1cc(Cl)nc(SCc2ccccc2)n1. The van der Waals surface area contributed by atoms with Crippen LogP contribution in [0.5, 0.6) is 0 Å². The maximum absolute atomic E-state index is 12.6. The smallest absolute Gasteiger partial charge is 0.218 e. The highest BCUT2D eigenvalue weighted by atomic mass is 35.5. The number of hydrogen-bond donors (Lipinski definition) is 0. The van der Waals surface area contributed by atoms with Gasteiger partial charge in [-0.25, -0.2) is 9.97 Å². The molecule has 2 aromatic rings. The number of nitrogens with zero attached hydrogens (tertiary/aromatic N) is 2. The lowest BCUT2D eigenvalue weighted by molar-refractivity contribution is -0.141. The van der Waals surface area contributed by atoms with Gasteiger partial charge in [-0.15, -0.1) is 0 Å². The Balaban J connectivity index is 2.15. The van der Waals surface area contributed by atoms with Crippen molar-refractivity contribution >= 4 is 23.4 Å². The van der Waals surface area contributed by atoms with E-state index in [1.54, 1.807) is 0 Å². The van der Waals surface area contributed by atoms with Crippen molar-refractivity contribution in [2.24, 2.45) is 0 Å². The summed E-state index contributed by atoms with van der Waals surface area (Å²) in [6.45, 7) is 0. The lowest BCUT2D eigenvalue weighted by Crippen LogP contribution is -2.09. The van der Waals surface area contributed by atoms with E-state index in [-0.39, 0.29) is 10.3 Å². The molecule has 0 fully saturated rings. The van der Waals surface area contributed by atoms with Crippen LogP contribution in [-0.4, -0.2) is 9.97 Å². The molecule has 0 radical (unpaired) electrons. The highest BCUT2D eigenvalue weighted by molar-refractivity contribution is 7.98. The van der Waals surface area contributed by atoms with E-state index in [9.17, 15) is 13.2 Å². The Labute approximate surface area is 117 Å². The van der Waals surface area contributed by atoms with Crippen molar-refractivity contribution in [2.75, 3.05) is 0 Å². The number of alkyl halides is 3. The first-order chi connectivity index (χ1) is 8.95. The number of benzene rings is 1. The zero-order chi connectivity index (χ0) is 13.9. The van der Waals surface area contributed by atoms with Crippen LogP contribution >= 0.6 is 23.4 Å². The molecule has 2 rings (SSSR count). The molecule has 0 aliphatic rings. The Morgan fingerprint density at radius 2 is 1.79 bits per heavy atom. The van der Waals surface area contributed by atoms with Crippen LogP contribution in [0, 0.1) is 0 Å². The fraction of sp³-hybridized carbons (Fsp3) is 0.167. The number of halogens is 4. The van der Waals surface area contributed by atoms with Gasteiger partial charge < -0.3 is 0 Å². The zero-order valence-electron chi connectivity index (χ0n) is 9.49. The number of rotatable bonds is 3. The van der Waals surface area contributed by atoms with Crippen LogP contribution in [0.15, 0.2) is 41.6 Å². The summed E-state index contributed by atoms with van der Waals surface area (Å²) < 4.78 is 37.7. The van der Waals surface area contributed by atoms with Crippen molar-refractivity contribution in [1.82, 2.24) is 9.97 Å². The summed E-state index contributed by atoms with van der Waals surface area (Å²) in [5.74, 6) is 0.485. The monoisotopic (exact) mass is 304 g/mol. The molecule has 0 bridgehead atoms. The minimum Gasteiger partial charge on any atom is -0.218 e. The van der Waals surface area contributed by atoms with Gasteiger partial charge in [0.05, 0.1) is 0 Å². The van der Waals surface area contributed by atoms with Gasteiger partial charge in [-0.3, -0.25) is 0 Å². The highest BCUT2D eigenvalue weighted by Gasteiger charge is 2.33. The average Bonchev–Trinajstić information content (AvgIpc) is 2.36. The Morgan fingerprint density at radius 1 is 1.11 bits per heavy atom.